The Labute approximate surface area is 178 Å². The fourth-order valence-corrected chi connectivity index (χ4v) is 4.85. The third kappa shape index (κ3) is 8.39. The van der Waals surface area contributed by atoms with E-state index in [9.17, 15) is 0 Å². The third-order valence-corrected chi connectivity index (χ3v) is 6.52. The Morgan fingerprint density at radius 2 is 1.52 bits per heavy atom. The second-order valence-electron chi connectivity index (χ2n) is 8.98. The lowest BCUT2D eigenvalue weighted by molar-refractivity contribution is -0.207. The fraction of sp³-hybridized carbons (Fsp3) is 0.769. The van der Waals surface area contributed by atoms with E-state index >= 15 is 0 Å². The maximum absolute atomic E-state index is 6.63. The molecule has 0 radical (unpaired) electrons. The summed E-state index contributed by atoms with van der Waals surface area (Å²) in [6.45, 7) is 3.88. The molecule has 1 aromatic carbocycles. The molecule has 3 rings (SSSR count). The Bertz CT molecular complexity index is 494. The molecule has 2 fully saturated rings. The van der Waals surface area contributed by atoms with Crippen molar-refractivity contribution in [3.05, 3.63) is 35.9 Å². The lowest BCUT2D eigenvalue weighted by Crippen LogP contribution is -2.31. The van der Waals surface area contributed by atoms with Crippen molar-refractivity contribution in [2.45, 2.75) is 115 Å². The van der Waals surface area contributed by atoms with E-state index in [0.29, 0.717) is 12.0 Å². The molecule has 1 aromatic rings. The van der Waals surface area contributed by atoms with Gasteiger partial charge in [-0.1, -0.05) is 69.4 Å². The van der Waals surface area contributed by atoms with Crippen LogP contribution in [0.3, 0.4) is 0 Å². The van der Waals surface area contributed by atoms with Gasteiger partial charge in [0.2, 0.25) is 0 Å². The van der Waals surface area contributed by atoms with Crippen LogP contribution in [0.15, 0.2) is 30.3 Å². The van der Waals surface area contributed by atoms with Crippen molar-refractivity contribution >= 4 is 0 Å². The molecule has 3 heteroatoms. The Hall–Kier alpha value is -0.900. The van der Waals surface area contributed by atoms with Crippen molar-refractivity contribution in [3.8, 4) is 0 Å². The number of ether oxygens (including phenoxy) is 3. The van der Waals surface area contributed by atoms with E-state index < -0.39 is 0 Å². The topological polar surface area (TPSA) is 27.7 Å². The zero-order chi connectivity index (χ0) is 20.2. The molecule has 0 aliphatic carbocycles. The van der Waals surface area contributed by atoms with Gasteiger partial charge in [0, 0.05) is 6.61 Å². The summed E-state index contributed by atoms with van der Waals surface area (Å²) in [6, 6.07) is 11.0. The van der Waals surface area contributed by atoms with Gasteiger partial charge in [0.25, 0.3) is 0 Å². The average molecular weight is 403 g/mol. The Kier molecular flexibility index (Phi) is 10.5. The summed E-state index contributed by atoms with van der Waals surface area (Å²) in [5.74, 6) is 0.593. The SMILES string of the molecule is CCCC(CCC1OC2CCCCCCC(COCCCC2)O1)c1ccccc1. The third-order valence-electron chi connectivity index (χ3n) is 6.52. The van der Waals surface area contributed by atoms with E-state index in [0.717, 1.165) is 45.3 Å². The fourth-order valence-electron chi connectivity index (χ4n) is 4.85. The van der Waals surface area contributed by atoms with Crippen molar-refractivity contribution in [1.82, 2.24) is 0 Å². The molecule has 0 aromatic heterocycles. The highest BCUT2D eigenvalue weighted by molar-refractivity contribution is 5.19. The molecule has 4 unspecified atom stereocenters. The molecule has 2 heterocycles. The average Bonchev–Trinajstić information content (AvgIpc) is 2.82. The van der Waals surface area contributed by atoms with Gasteiger partial charge in [0.1, 0.15) is 0 Å². The molecular weight excluding hydrogens is 360 g/mol. The highest BCUT2D eigenvalue weighted by Crippen LogP contribution is 2.30. The van der Waals surface area contributed by atoms with Crippen LogP contribution in [-0.4, -0.2) is 31.7 Å². The first kappa shape index (κ1) is 22.8. The van der Waals surface area contributed by atoms with E-state index in [-0.39, 0.29) is 12.4 Å². The van der Waals surface area contributed by atoms with Crippen molar-refractivity contribution in [3.63, 3.8) is 0 Å². The van der Waals surface area contributed by atoms with Crippen LogP contribution in [-0.2, 0) is 14.2 Å². The molecular formula is C26H42O3. The number of fused-ring (bicyclic) bond motifs is 4. The minimum Gasteiger partial charge on any atom is -0.379 e. The quantitative estimate of drug-likeness (QED) is 0.512. The van der Waals surface area contributed by atoms with Gasteiger partial charge < -0.3 is 14.2 Å². The highest BCUT2D eigenvalue weighted by Gasteiger charge is 2.24. The number of benzene rings is 1. The van der Waals surface area contributed by atoms with Gasteiger partial charge >= 0.3 is 0 Å². The number of hydrogen-bond acceptors (Lipinski definition) is 3. The van der Waals surface area contributed by atoms with E-state index in [1.807, 2.05) is 0 Å². The van der Waals surface area contributed by atoms with Gasteiger partial charge in [0.05, 0.1) is 18.8 Å². The molecule has 164 valence electrons. The number of hydrogen-bond donors (Lipinski definition) is 0. The van der Waals surface area contributed by atoms with Crippen LogP contribution in [0.25, 0.3) is 0 Å². The van der Waals surface area contributed by atoms with Crippen molar-refractivity contribution in [2.75, 3.05) is 13.2 Å². The smallest absolute Gasteiger partial charge is 0.158 e. The van der Waals surface area contributed by atoms with Gasteiger partial charge in [-0.15, -0.1) is 0 Å². The number of rotatable bonds is 6. The summed E-state index contributed by atoms with van der Waals surface area (Å²) < 4.78 is 19.2. The molecule has 2 aliphatic heterocycles. The van der Waals surface area contributed by atoms with Gasteiger partial charge in [-0.3, -0.25) is 0 Å². The van der Waals surface area contributed by atoms with Gasteiger partial charge in [0.15, 0.2) is 6.29 Å². The van der Waals surface area contributed by atoms with Crippen LogP contribution in [0.1, 0.15) is 102 Å². The minimum atomic E-state index is -0.0899. The molecule has 0 saturated carbocycles. The molecule has 0 N–H and O–H groups in total. The summed E-state index contributed by atoms with van der Waals surface area (Å²) in [7, 11) is 0. The first-order chi connectivity index (χ1) is 14.3. The summed E-state index contributed by atoms with van der Waals surface area (Å²) in [4.78, 5) is 0. The zero-order valence-electron chi connectivity index (χ0n) is 18.5. The molecule has 0 spiro atoms. The highest BCUT2D eigenvalue weighted by atomic mass is 16.7. The lowest BCUT2D eigenvalue weighted by atomic mass is 9.90. The first-order valence-electron chi connectivity index (χ1n) is 12.3. The molecule has 4 atom stereocenters. The Morgan fingerprint density at radius 3 is 2.28 bits per heavy atom. The van der Waals surface area contributed by atoms with E-state index in [2.05, 4.69) is 37.3 Å². The Morgan fingerprint density at radius 1 is 0.828 bits per heavy atom. The molecule has 2 bridgehead atoms. The molecule has 2 aliphatic rings. The summed E-state index contributed by atoms with van der Waals surface area (Å²) in [6.07, 6.45) is 15.9. The van der Waals surface area contributed by atoms with Crippen molar-refractivity contribution < 1.29 is 14.2 Å². The maximum atomic E-state index is 6.63. The zero-order valence-corrected chi connectivity index (χ0v) is 18.5. The molecule has 2 saturated heterocycles. The predicted molar refractivity (Wildman–Crippen MR) is 119 cm³/mol. The van der Waals surface area contributed by atoms with E-state index in [1.165, 1.54) is 56.9 Å². The second kappa shape index (κ2) is 13.4. The lowest BCUT2D eigenvalue weighted by Gasteiger charge is -2.29. The normalized spacial score (nSPS) is 28.4. The summed E-state index contributed by atoms with van der Waals surface area (Å²) in [5.41, 5.74) is 1.46. The van der Waals surface area contributed by atoms with Crippen LogP contribution in [0, 0.1) is 0 Å². The van der Waals surface area contributed by atoms with Crippen LogP contribution in [0.2, 0.25) is 0 Å². The van der Waals surface area contributed by atoms with Crippen LogP contribution < -0.4 is 0 Å². The van der Waals surface area contributed by atoms with Crippen molar-refractivity contribution in [1.29, 1.82) is 0 Å². The predicted octanol–water partition coefficient (Wildman–Crippen LogP) is 7.00. The molecule has 29 heavy (non-hydrogen) atoms. The monoisotopic (exact) mass is 402 g/mol. The van der Waals surface area contributed by atoms with E-state index in [4.69, 9.17) is 14.2 Å². The summed E-state index contributed by atoms with van der Waals surface area (Å²) >= 11 is 0. The largest absolute Gasteiger partial charge is 0.379 e. The van der Waals surface area contributed by atoms with Crippen LogP contribution >= 0.6 is 0 Å². The van der Waals surface area contributed by atoms with Gasteiger partial charge in [-0.2, -0.15) is 0 Å². The van der Waals surface area contributed by atoms with E-state index in [1.54, 1.807) is 0 Å². The standard InChI is InChI=1S/C26H42O3/c1-2-12-22(23-13-6-5-7-14-23)18-19-26-28-24-15-8-3-4-9-17-25(29-26)21-27-20-11-10-16-24/h5-7,13-14,22,24-26H,2-4,8-12,15-21H2,1H3. The van der Waals surface area contributed by atoms with Crippen LogP contribution in [0.5, 0.6) is 0 Å². The summed E-state index contributed by atoms with van der Waals surface area (Å²) in [5, 5.41) is 0. The van der Waals surface area contributed by atoms with Gasteiger partial charge in [-0.05, 0) is 62.8 Å². The molecule has 3 nitrogen and oxygen atoms in total. The first-order valence-corrected chi connectivity index (χ1v) is 12.3. The van der Waals surface area contributed by atoms with Gasteiger partial charge in [-0.25, -0.2) is 0 Å². The van der Waals surface area contributed by atoms with Crippen LogP contribution in [0.4, 0.5) is 0 Å². The minimum absolute atomic E-state index is 0.0899. The van der Waals surface area contributed by atoms with Crippen molar-refractivity contribution in [2.24, 2.45) is 0 Å². The molecule has 0 amide bonds. The maximum Gasteiger partial charge on any atom is 0.158 e. The second-order valence-corrected chi connectivity index (χ2v) is 8.98. The Balaban J connectivity index is 1.67.